The Labute approximate surface area is 90.7 Å². The number of halogens is 1. The van der Waals surface area contributed by atoms with Gasteiger partial charge in [0, 0.05) is 18.3 Å². The van der Waals surface area contributed by atoms with Crippen molar-refractivity contribution >= 4 is 5.69 Å². The molecule has 0 amide bonds. The van der Waals surface area contributed by atoms with E-state index in [1.165, 1.54) is 12.1 Å². The van der Waals surface area contributed by atoms with Crippen molar-refractivity contribution in [2.45, 2.75) is 26.3 Å². The van der Waals surface area contributed by atoms with Crippen LogP contribution in [0.1, 0.15) is 20.3 Å². The van der Waals surface area contributed by atoms with E-state index in [0.29, 0.717) is 12.5 Å². The molecule has 0 fully saturated rings. The van der Waals surface area contributed by atoms with E-state index in [1.807, 2.05) is 6.07 Å². The average Bonchev–Trinajstić information content (AvgIpc) is 2.25. The minimum atomic E-state index is -0.222. The summed E-state index contributed by atoms with van der Waals surface area (Å²) < 4.78 is 12.9. The quantitative estimate of drug-likeness (QED) is 0.784. The predicted octanol–water partition coefficient (Wildman–Crippen LogP) is 2.61. The second-order valence-electron chi connectivity index (χ2n) is 3.88. The number of hydrogen-bond acceptors (Lipinski definition) is 2. The van der Waals surface area contributed by atoms with Gasteiger partial charge >= 0.3 is 0 Å². The van der Waals surface area contributed by atoms with Gasteiger partial charge in [-0.15, -0.1) is 0 Å². The zero-order chi connectivity index (χ0) is 11.3. The lowest BCUT2D eigenvalue weighted by Gasteiger charge is -2.23. The highest BCUT2D eigenvalue weighted by Crippen LogP contribution is 2.15. The molecule has 84 valence electrons. The lowest BCUT2D eigenvalue weighted by molar-refractivity contribution is 0.474. The van der Waals surface area contributed by atoms with Gasteiger partial charge in [0.25, 0.3) is 0 Å². The normalized spacial score (nSPS) is 14.7. The van der Waals surface area contributed by atoms with Crippen LogP contribution in [0.3, 0.4) is 0 Å². The summed E-state index contributed by atoms with van der Waals surface area (Å²) in [5.74, 6) is 0.262. The second-order valence-corrected chi connectivity index (χ2v) is 3.88. The maximum atomic E-state index is 12.9. The molecule has 0 radical (unpaired) electrons. The minimum absolute atomic E-state index is 0.205. The van der Waals surface area contributed by atoms with E-state index in [9.17, 15) is 4.39 Å². The molecule has 0 aliphatic heterocycles. The highest BCUT2D eigenvalue weighted by atomic mass is 19.1. The summed E-state index contributed by atoms with van der Waals surface area (Å²) in [6.07, 6.45) is 1.06. The third-order valence-corrected chi connectivity index (χ3v) is 2.76. The van der Waals surface area contributed by atoms with Crippen LogP contribution in [-0.4, -0.2) is 12.6 Å². The SMILES string of the molecule is CCC(C)C(CN)Nc1cccc(F)c1. The van der Waals surface area contributed by atoms with Gasteiger partial charge in [0.2, 0.25) is 0 Å². The third-order valence-electron chi connectivity index (χ3n) is 2.76. The number of nitrogens with two attached hydrogens (primary N) is 1. The molecule has 0 bridgehead atoms. The first-order chi connectivity index (χ1) is 7.17. The number of nitrogens with one attached hydrogen (secondary N) is 1. The number of benzene rings is 1. The first kappa shape index (κ1) is 12.0. The molecule has 1 rings (SSSR count). The van der Waals surface area contributed by atoms with Crippen molar-refractivity contribution in [1.82, 2.24) is 0 Å². The van der Waals surface area contributed by atoms with Gasteiger partial charge in [-0.1, -0.05) is 26.3 Å². The Bertz CT molecular complexity index is 301. The molecule has 3 heteroatoms. The van der Waals surface area contributed by atoms with Gasteiger partial charge in [-0.25, -0.2) is 4.39 Å². The average molecular weight is 210 g/mol. The molecule has 1 aromatic carbocycles. The largest absolute Gasteiger partial charge is 0.381 e. The molecule has 1 aromatic rings. The molecule has 0 saturated heterocycles. The summed E-state index contributed by atoms with van der Waals surface area (Å²) in [4.78, 5) is 0. The van der Waals surface area contributed by atoms with E-state index in [2.05, 4.69) is 19.2 Å². The lowest BCUT2D eigenvalue weighted by atomic mass is 9.99. The Morgan fingerprint density at radius 3 is 2.73 bits per heavy atom. The van der Waals surface area contributed by atoms with Crippen LogP contribution in [0.4, 0.5) is 10.1 Å². The molecule has 2 nitrogen and oxygen atoms in total. The van der Waals surface area contributed by atoms with Gasteiger partial charge in [-0.05, 0) is 24.1 Å². The van der Waals surface area contributed by atoms with Gasteiger partial charge in [0.05, 0.1) is 0 Å². The van der Waals surface area contributed by atoms with Crippen LogP contribution in [0.15, 0.2) is 24.3 Å². The summed E-state index contributed by atoms with van der Waals surface area (Å²) in [6.45, 7) is 4.83. The van der Waals surface area contributed by atoms with Crippen LogP contribution < -0.4 is 11.1 Å². The Hall–Kier alpha value is -1.09. The lowest BCUT2D eigenvalue weighted by Crippen LogP contribution is -2.34. The van der Waals surface area contributed by atoms with Crippen LogP contribution in [0.5, 0.6) is 0 Å². The molecular weight excluding hydrogens is 191 g/mol. The molecule has 3 N–H and O–H groups in total. The molecule has 0 aliphatic rings. The van der Waals surface area contributed by atoms with Crippen molar-refractivity contribution < 1.29 is 4.39 Å². The monoisotopic (exact) mass is 210 g/mol. The second kappa shape index (κ2) is 5.71. The molecule has 2 atom stereocenters. The van der Waals surface area contributed by atoms with Crippen LogP contribution in [0, 0.1) is 11.7 Å². The molecule has 0 aromatic heterocycles. The Morgan fingerprint density at radius 1 is 1.47 bits per heavy atom. The van der Waals surface area contributed by atoms with E-state index in [-0.39, 0.29) is 11.9 Å². The number of rotatable bonds is 5. The fraction of sp³-hybridized carbons (Fsp3) is 0.500. The summed E-state index contributed by atoms with van der Waals surface area (Å²) in [6, 6.07) is 6.68. The molecule has 0 heterocycles. The zero-order valence-corrected chi connectivity index (χ0v) is 9.33. The fourth-order valence-corrected chi connectivity index (χ4v) is 1.51. The Kier molecular flexibility index (Phi) is 4.56. The van der Waals surface area contributed by atoms with Crippen molar-refractivity contribution in [1.29, 1.82) is 0 Å². The zero-order valence-electron chi connectivity index (χ0n) is 9.33. The van der Waals surface area contributed by atoms with Gasteiger partial charge < -0.3 is 11.1 Å². The van der Waals surface area contributed by atoms with Crippen LogP contribution in [-0.2, 0) is 0 Å². The number of anilines is 1. The first-order valence-electron chi connectivity index (χ1n) is 5.39. The van der Waals surface area contributed by atoms with Gasteiger partial charge in [-0.2, -0.15) is 0 Å². The summed E-state index contributed by atoms with van der Waals surface area (Å²) in [7, 11) is 0. The van der Waals surface area contributed by atoms with Gasteiger partial charge in [-0.3, -0.25) is 0 Å². The topological polar surface area (TPSA) is 38.0 Å². The highest BCUT2D eigenvalue weighted by Gasteiger charge is 2.13. The van der Waals surface area contributed by atoms with E-state index in [0.717, 1.165) is 12.1 Å². The standard InChI is InChI=1S/C12H19FN2/c1-3-9(2)12(8-14)15-11-6-4-5-10(13)7-11/h4-7,9,12,15H,3,8,14H2,1-2H3. The summed E-state index contributed by atoms with van der Waals surface area (Å²) in [5, 5.41) is 3.26. The summed E-state index contributed by atoms with van der Waals surface area (Å²) >= 11 is 0. The fourth-order valence-electron chi connectivity index (χ4n) is 1.51. The van der Waals surface area contributed by atoms with Gasteiger partial charge in [0.15, 0.2) is 0 Å². The van der Waals surface area contributed by atoms with Gasteiger partial charge in [0.1, 0.15) is 5.82 Å². The van der Waals surface area contributed by atoms with E-state index in [4.69, 9.17) is 5.73 Å². The smallest absolute Gasteiger partial charge is 0.125 e. The Balaban J connectivity index is 2.66. The highest BCUT2D eigenvalue weighted by molar-refractivity contribution is 5.44. The third kappa shape index (κ3) is 3.51. The molecule has 15 heavy (non-hydrogen) atoms. The van der Waals surface area contributed by atoms with Crippen molar-refractivity contribution in [3.63, 3.8) is 0 Å². The van der Waals surface area contributed by atoms with Crippen LogP contribution in [0.2, 0.25) is 0 Å². The molecule has 2 unspecified atom stereocenters. The molecular formula is C12H19FN2. The predicted molar refractivity (Wildman–Crippen MR) is 62.3 cm³/mol. The minimum Gasteiger partial charge on any atom is -0.381 e. The Morgan fingerprint density at radius 2 is 2.20 bits per heavy atom. The van der Waals surface area contributed by atoms with E-state index in [1.54, 1.807) is 6.07 Å². The van der Waals surface area contributed by atoms with Crippen LogP contribution >= 0.6 is 0 Å². The first-order valence-corrected chi connectivity index (χ1v) is 5.39. The van der Waals surface area contributed by atoms with Crippen molar-refractivity contribution in [2.75, 3.05) is 11.9 Å². The van der Waals surface area contributed by atoms with E-state index >= 15 is 0 Å². The van der Waals surface area contributed by atoms with Crippen molar-refractivity contribution in [2.24, 2.45) is 11.7 Å². The molecule has 0 spiro atoms. The number of hydrogen-bond donors (Lipinski definition) is 2. The maximum absolute atomic E-state index is 12.9. The molecule has 0 aliphatic carbocycles. The van der Waals surface area contributed by atoms with E-state index < -0.39 is 0 Å². The van der Waals surface area contributed by atoms with Crippen molar-refractivity contribution in [3.8, 4) is 0 Å². The maximum Gasteiger partial charge on any atom is 0.125 e. The van der Waals surface area contributed by atoms with Crippen molar-refractivity contribution in [3.05, 3.63) is 30.1 Å². The molecule has 0 saturated carbocycles. The van der Waals surface area contributed by atoms with Crippen LogP contribution in [0.25, 0.3) is 0 Å². The summed E-state index contributed by atoms with van der Waals surface area (Å²) in [5.41, 5.74) is 6.48.